The second kappa shape index (κ2) is 7.69. The fourth-order valence-corrected chi connectivity index (χ4v) is 3.23. The summed E-state index contributed by atoms with van der Waals surface area (Å²) in [5.74, 6) is -2.29. The van der Waals surface area contributed by atoms with E-state index in [4.69, 9.17) is 26.8 Å². The largest absolute Gasteiger partial charge is 0.480 e. The summed E-state index contributed by atoms with van der Waals surface area (Å²) in [6.45, 7) is 8.24. The van der Waals surface area contributed by atoms with Gasteiger partial charge in [-0.3, -0.25) is 9.59 Å². The van der Waals surface area contributed by atoms with Gasteiger partial charge >= 0.3 is 11.9 Å². The van der Waals surface area contributed by atoms with E-state index in [1.54, 1.807) is 0 Å². The zero-order chi connectivity index (χ0) is 16.9. The number of aliphatic carboxylic acids is 2. The van der Waals surface area contributed by atoms with E-state index in [1.807, 2.05) is 19.6 Å². The lowest BCUT2D eigenvalue weighted by atomic mass is 10.2. The zero-order valence-corrected chi connectivity index (χ0v) is 13.5. The van der Waals surface area contributed by atoms with Crippen molar-refractivity contribution in [3.63, 3.8) is 0 Å². The maximum absolute atomic E-state index is 10.9. The van der Waals surface area contributed by atoms with Crippen LogP contribution in [0.3, 0.4) is 0 Å². The van der Waals surface area contributed by atoms with Crippen LogP contribution in [0, 0.1) is 0 Å². The first-order chi connectivity index (χ1) is 8.69. The standard InChI is InChI=1S/C7H17NO3Si.C4H9NO3/c1-5(9)7(8,6(10)11)12(2,3)4;1-2(6)3(5)4(7)8/h5,9H,8H2,1-4H3,(H,10,11);2-3,6H,5H2,1H3,(H,7,8)/t5-,7-;2-,3+/m11/s1. The quantitative estimate of drug-likeness (QED) is 0.344. The minimum atomic E-state index is -2.11. The molecule has 0 bridgehead atoms. The molecule has 0 aromatic carbocycles. The van der Waals surface area contributed by atoms with E-state index in [-0.39, 0.29) is 0 Å². The molecular weight excluding hydrogens is 284 g/mol. The minimum Gasteiger partial charge on any atom is -0.480 e. The van der Waals surface area contributed by atoms with Crippen molar-refractivity contribution in [3.05, 3.63) is 0 Å². The first-order valence-corrected chi connectivity index (χ1v) is 9.56. The first kappa shape index (κ1) is 21.3. The van der Waals surface area contributed by atoms with Gasteiger partial charge in [0.2, 0.25) is 0 Å². The van der Waals surface area contributed by atoms with Gasteiger partial charge in [0.05, 0.1) is 20.3 Å². The Balaban J connectivity index is 0. The third kappa shape index (κ3) is 5.55. The zero-order valence-electron chi connectivity index (χ0n) is 12.5. The Morgan fingerprint density at radius 1 is 1.10 bits per heavy atom. The van der Waals surface area contributed by atoms with Gasteiger partial charge in [-0.25, -0.2) is 0 Å². The van der Waals surface area contributed by atoms with Crippen molar-refractivity contribution in [2.45, 2.75) is 56.9 Å². The Labute approximate surface area is 119 Å². The van der Waals surface area contributed by atoms with E-state index >= 15 is 0 Å². The van der Waals surface area contributed by atoms with Crippen molar-refractivity contribution in [1.82, 2.24) is 0 Å². The van der Waals surface area contributed by atoms with Crippen LogP contribution < -0.4 is 11.5 Å². The maximum Gasteiger partial charge on any atom is 0.323 e. The van der Waals surface area contributed by atoms with Crippen LogP contribution in [0.25, 0.3) is 0 Å². The Kier molecular flexibility index (Phi) is 8.19. The second-order valence-electron chi connectivity index (χ2n) is 5.70. The Bertz CT molecular complexity index is 342. The van der Waals surface area contributed by atoms with Gasteiger partial charge in [0.15, 0.2) is 0 Å². The van der Waals surface area contributed by atoms with Crippen molar-refractivity contribution in [3.8, 4) is 0 Å². The summed E-state index contributed by atoms with van der Waals surface area (Å²) in [7, 11) is -2.11. The van der Waals surface area contributed by atoms with Gasteiger partial charge in [0.25, 0.3) is 0 Å². The molecule has 0 spiro atoms. The van der Waals surface area contributed by atoms with E-state index in [0.717, 1.165) is 0 Å². The summed E-state index contributed by atoms with van der Waals surface area (Å²) in [5, 5.41) is 33.3. The number of carboxylic acids is 2. The molecule has 4 atom stereocenters. The highest BCUT2D eigenvalue weighted by molar-refractivity contribution is 6.82. The normalized spacial score (nSPS) is 18.9. The van der Waals surface area contributed by atoms with Crippen LogP contribution in [-0.2, 0) is 9.59 Å². The van der Waals surface area contributed by atoms with E-state index in [9.17, 15) is 14.7 Å². The molecule has 0 unspecified atom stereocenters. The summed E-state index contributed by atoms with van der Waals surface area (Å²) in [6, 6.07) is -1.16. The number of carbonyl (C=O) groups is 2. The van der Waals surface area contributed by atoms with E-state index in [2.05, 4.69) is 0 Å². The van der Waals surface area contributed by atoms with Gasteiger partial charge < -0.3 is 31.9 Å². The molecule has 0 heterocycles. The Hall–Kier alpha value is -1.00. The summed E-state index contributed by atoms with van der Waals surface area (Å²) < 4.78 is 0. The first-order valence-electron chi connectivity index (χ1n) is 6.06. The lowest BCUT2D eigenvalue weighted by Crippen LogP contribution is -2.70. The van der Waals surface area contributed by atoms with Crippen molar-refractivity contribution >= 4 is 20.0 Å². The smallest absolute Gasteiger partial charge is 0.323 e. The van der Waals surface area contributed by atoms with Gasteiger partial charge in [-0.05, 0) is 13.8 Å². The van der Waals surface area contributed by atoms with E-state index in [0.29, 0.717) is 0 Å². The van der Waals surface area contributed by atoms with Crippen LogP contribution in [-0.4, -0.2) is 63.9 Å². The Morgan fingerprint density at radius 2 is 1.45 bits per heavy atom. The maximum atomic E-state index is 10.9. The number of nitrogens with two attached hydrogens (primary N) is 2. The van der Waals surface area contributed by atoms with Crippen LogP contribution in [0.1, 0.15) is 13.8 Å². The van der Waals surface area contributed by atoms with Gasteiger partial charge in [0, 0.05) is 0 Å². The predicted molar refractivity (Wildman–Crippen MR) is 76.9 cm³/mol. The van der Waals surface area contributed by atoms with E-state index in [1.165, 1.54) is 13.8 Å². The molecule has 0 aliphatic carbocycles. The fraction of sp³-hybridized carbons (Fsp3) is 0.818. The van der Waals surface area contributed by atoms with Crippen LogP contribution >= 0.6 is 0 Å². The topological polar surface area (TPSA) is 167 Å². The highest BCUT2D eigenvalue weighted by Gasteiger charge is 2.50. The van der Waals surface area contributed by atoms with Crippen LogP contribution in [0.5, 0.6) is 0 Å². The number of rotatable bonds is 5. The van der Waals surface area contributed by atoms with Crippen LogP contribution in [0.15, 0.2) is 0 Å². The lowest BCUT2D eigenvalue weighted by molar-refractivity contribution is -0.143. The molecule has 0 aromatic heterocycles. The Morgan fingerprint density at radius 3 is 1.45 bits per heavy atom. The number of carboxylic acid groups (broad SMARTS) is 2. The molecule has 0 aliphatic heterocycles. The number of aliphatic hydroxyl groups is 2. The SMILES string of the molecule is C[C@@H](O)[C@H](N)C(=O)O.C[C@@H](O)[C@](N)(C(=O)O)[Si](C)(C)C. The molecule has 0 fully saturated rings. The minimum absolute atomic E-state index is 0.979. The van der Waals surface area contributed by atoms with Crippen molar-refractivity contribution in [2.24, 2.45) is 11.5 Å². The van der Waals surface area contributed by atoms with Crippen molar-refractivity contribution in [2.75, 3.05) is 0 Å². The molecule has 0 aromatic rings. The number of hydrogen-bond donors (Lipinski definition) is 6. The predicted octanol–water partition coefficient (Wildman–Crippen LogP) is -1.19. The molecule has 0 radical (unpaired) electrons. The van der Waals surface area contributed by atoms with Gasteiger partial charge in [0.1, 0.15) is 11.2 Å². The monoisotopic (exact) mass is 310 g/mol. The van der Waals surface area contributed by atoms with Gasteiger partial charge in [-0.1, -0.05) is 19.6 Å². The molecule has 0 aliphatic rings. The van der Waals surface area contributed by atoms with Crippen molar-refractivity contribution in [1.29, 1.82) is 0 Å². The fourth-order valence-electron chi connectivity index (χ4n) is 1.33. The van der Waals surface area contributed by atoms with Gasteiger partial charge in [-0.15, -0.1) is 0 Å². The molecule has 120 valence electrons. The van der Waals surface area contributed by atoms with Crippen LogP contribution in [0.2, 0.25) is 19.6 Å². The number of hydrogen-bond acceptors (Lipinski definition) is 6. The average Bonchev–Trinajstić information content (AvgIpc) is 2.25. The third-order valence-electron chi connectivity index (χ3n) is 3.06. The second-order valence-corrected chi connectivity index (χ2v) is 11.0. The molecule has 9 heteroatoms. The highest BCUT2D eigenvalue weighted by Crippen LogP contribution is 2.22. The molecule has 8 nitrogen and oxygen atoms in total. The van der Waals surface area contributed by atoms with E-state index < -0.39 is 43.4 Å². The molecular formula is C11H26N2O6Si. The summed E-state index contributed by atoms with van der Waals surface area (Å²) in [5.41, 5.74) is 10.6. The summed E-state index contributed by atoms with van der Waals surface area (Å²) >= 11 is 0. The summed E-state index contributed by atoms with van der Waals surface area (Å²) in [6.07, 6.45) is -1.99. The molecule has 0 saturated heterocycles. The molecule has 0 amide bonds. The summed E-state index contributed by atoms with van der Waals surface area (Å²) in [4.78, 5) is 20.7. The molecule has 20 heavy (non-hydrogen) atoms. The molecule has 0 rings (SSSR count). The van der Waals surface area contributed by atoms with Crippen molar-refractivity contribution < 1.29 is 30.0 Å². The van der Waals surface area contributed by atoms with Crippen LogP contribution in [0.4, 0.5) is 0 Å². The van der Waals surface area contributed by atoms with Gasteiger partial charge in [-0.2, -0.15) is 0 Å². The average molecular weight is 310 g/mol. The lowest BCUT2D eigenvalue weighted by Gasteiger charge is -2.38. The molecule has 0 saturated carbocycles. The number of aliphatic hydroxyl groups excluding tert-OH is 2. The third-order valence-corrected chi connectivity index (χ3v) is 6.17. The highest BCUT2D eigenvalue weighted by atomic mass is 28.3. The molecule has 8 N–H and O–H groups in total.